The lowest BCUT2D eigenvalue weighted by Crippen LogP contribution is -2.69. The van der Waals surface area contributed by atoms with Crippen molar-refractivity contribution in [1.82, 2.24) is 9.80 Å². The Hall–Kier alpha value is -3.50. The summed E-state index contributed by atoms with van der Waals surface area (Å²) in [4.78, 5) is 30.8. The number of rotatable bonds is 6. The molecule has 0 unspecified atom stereocenters. The fourth-order valence-electron chi connectivity index (χ4n) is 8.85. The highest BCUT2D eigenvalue weighted by atomic mass is 16.5. The topological polar surface area (TPSA) is 79.3 Å². The van der Waals surface area contributed by atoms with Crippen molar-refractivity contribution in [3.8, 4) is 29.1 Å². The Bertz CT molecular complexity index is 1580. The summed E-state index contributed by atoms with van der Waals surface area (Å²) in [5.41, 5.74) is 4.85. The fraction of sp³-hybridized carbons (Fsp3) is 0.568. The highest BCUT2D eigenvalue weighted by Crippen LogP contribution is 2.65. The number of carbonyl (C=O) groups is 2. The summed E-state index contributed by atoms with van der Waals surface area (Å²) in [7, 11) is 0. The molecule has 0 aromatic heterocycles. The van der Waals surface area contributed by atoms with Crippen LogP contribution < -0.4 is 9.47 Å². The number of aromatic hydroxyl groups is 1. The van der Waals surface area contributed by atoms with E-state index >= 15 is 0 Å². The molecule has 2 bridgehead atoms. The molecule has 2 aliphatic heterocycles. The van der Waals surface area contributed by atoms with Gasteiger partial charge in [0.2, 0.25) is 0 Å². The molecule has 2 aromatic carbocycles. The zero-order valence-electron chi connectivity index (χ0n) is 26.6. The lowest BCUT2D eigenvalue weighted by atomic mass is 9.50. The van der Waals surface area contributed by atoms with Crippen LogP contribution in [0.1, 0.15) is 80.7 Å². The zero-order chi connectivity index (χ0) is 30.9. The van der Waals surface area contributed by atoms with E-state index in [-0.39, 0.29) is 35.1 Å². The quantitative estimate of drug-likeness (QED) is 0.278. The van der Waals surface area contributed by atoms with E-state index in [2.05, 4.69) is 44.4 Å². The van der Waals surface area contributed by atoms with Gasteiger partial charge in [0, 0.05) is 60.1 Å². The van der Waals surface area contributed by atoms with Crippen LogP contribution in [0.3, 0.4) is 0 Å². The Labute approximate surface area is 260 Å². The van der Waals surface area contributed by atoms with Gasteiger partial charge in [-0.05, 0) is 99.9 Å². The molecule has 2 aromatic rings. The van der Waals surface area contributed by atoms with E-state index in [9.17, 15) is 14.7 Å². The van der Waals surface area contributed by atoms with Gasteiger partial charge in [-0.1, -0.05) is 25.8 Å². The third-order valence-corrected chi connectivity index (χ3v) is 11.0. The second-order valence-electron chi connectivity index (χ2n) is 14.4. The van der Waals surface area contributed by atoms with E-state index in [1.165, 1.54) is 25.3 Å². The normalized spacial score (nSPS) is 28.0. The molecule has 232 valence electrons. The van der Waals surface area contributed by atoms with Crippen molar-refractivity contribution in [2.24, 2.45) is 17.8 Å². The Morgan fingerprint density at radius 2 is 1.95 bits per heavy atom. The molecule has 1 N–H and O–H groups in total. The average Bonchev–Trinajstić information content (AvgIpc) is 3.72. The molecule has 1 spiro atoms. The molecule has 5 aliphatic rings. The number of hydrogen-bond acceptors (Lipinski definition) is 6. The SMILES string of the molecule is CC(=O)Oc1cc(O)c2c3c1C[C@@H]1[C@@H]4CC[C@H](N(CC(C)C)C(=O)C#Cc5ccc(C)c(C)c5)[C@H](O2)[C@]34CCN1CC1CC1. The van der Waals surface area contributed by atoms with Crippen LogP contribution in [-0.2, 0) is 21.4 Å². The number of aryl methyl sites for hydroxylation is 2. The second kappa shape index (κ2) is 10.8. The summed E-state index contributed by atoms with van der Waals surface area (Å²) in [6, 6.07) is 7.74. The number of amides is 1. The number of nitrogens with zero attached hydrogens (tertiary/aromatic N) is 2. The van der Waals surface area contributed by atoms with Crippen LogP contribution in [0.4, 0.5) is 0 Å². The third kappa shape index (κ3) is 4.77. The Morgan fingerprint density at radius 3 is 2.66 bits per heavy atom. The van der Waals surface area contributed by atoms with Crippen molar-refractivity contribution in [1.29, 1.82) is 0 Å². The van der Waals surface area contributed by atoms with Crippen molar-refractivity contribution in [3.05, 3.63) is 52.1 Å². The van der Waals surface area contributed by atoms with Crippen molar-refractivity contribution < 1.29 is 24.2 Å². The molecule has 3 fully saturated rings. The van der Waals surface area contributed by atoms with Gasteiger partial charge in [-0.25, -0.2) is 0 Å². The second-order valence-corrected chi connectivity index (χ2v) is 14.4. The summed E-state index contributed by atoms with van der Waals surface area (Å²) in [5, 5.41) is 11.3. The fourth-order valence-corrected chi connectivity index (χ4v) is 8.85. The standard InChI is InChI=1S/C37H44N2O5/c1-21(2)19-39(33(42)13-10-25-7-6-22(3)23(4)16-25)29-12-11-28-30-17-27-32(43-24(5)40)18-31(41)35-34(27)37(28,36(29)44-35)14-15-38(30)20-26-8-9-26/h6-7,16,18,21,26,28-30,36,41H,8-9,11-12,14-15,17,19-20H2,1-5H3/t28-,29-,30+,36-,37-/m0/s1. The summed E-state index contributed by atoms with van der Waals surface area (Å²) < 4.78 is 12.6. The van der Waals surface area contributed by atoms with E-state index in [1.54, 1.807) is 6.07 Å². The number of hydrogen-bond donors (Lipinski definition) is 1. The van der Waals surface area contributed by atoms with Gasteiger partial charge in [0.15, 0.2) is 11.5 Å². The Morgan fingerprint density at radius 1 is 1.16 bits per heavy atom. The van der Waals surface area contributed by atoms with Crippen LogP contribution in [0.25, 0.3) is 0 Å². The first-order chi connectivity index (χ1) is 21.1. The van der Waals surface area contributed by atoms with E-state index in [0.717, 1.165) is 66.9 Å². The molecule has 2 saturated carbocycles. The van der Waals surface area contributed by atoms with E-state index in [4.69, 9.17) is 9.47 Å². The van der Waals surface area contributed by atoms with Crippen LogP contribution in [0.5, 0.6) is 17.2 Å². The molecule has 1 amide bonds. The number of carbonyl (C=O) groups excluding carboxylic acids is 2. The molecule has 7 rings (SSSR count). The maximum absolute atomic E-state index is 14.0. The van der Waals surface area contributed by atoms with Gasteiger partial charge < -0.3 is 19.5 Å². The predicted molar refractivity (Wildman–Crippen MR) is 168 cm³/mol. The Kier molecular flexibility index (Phi) is 7.20. The average molecular weight is 597 g/mol. The molecule has 7 nitrogen and oxygen atoms in total. The van der Waals surface area contributed by atoms with Crippen LogP contribution in [0, 0.1) is 43.4 Å². The number of phenolic OH excluding ortho intramolecular Hbond substituents is 1. The summed E-state index contributed by atoms with van der Waals surface area (Å²) in [5.74, 6) is 7.89. The first kappa shape index (κ1) is 29.2. The molecule has 5 atom stereocenters. The number of likely N-dealkylation sites (tertiary alicyclic amines) is 1. The number of phenols is 1. The van der Waals surface area contributed by atoms with E-state index in [1.807, 2.05) is 23.1 Å². The number of esters is 1. The molecule has 0 radical (unpaired) electrons. The first-order valence-corrected chi connectivity index (χ1v) is 16.4. The molecule has 1 saturated heterocycles. The molecule has 2 heterocycles. The largest absolute Gasteiger partial charge is 0.504 e. The minimum absolute atomic E-state index is 0.0106. The van der Waals surface area contributed by atoms with Gasteiger partial charge in [0.25, 0.3) is 5.91 Å². The summed E-state index contributed by atoms with van der Waals surface area (Å²) in [6.07, 6.45) is 5.77. The van der Waals surface area contributed by atoms with Crippen LogP contribution in [0.2, 0.25) is 0 Å². The van der Waals surface area contributed by atoms with Gasteiger partial charge in [-0.15, -0.1) is 0 Å². The van der Waals surface area contributed by atoms with Crippen molar-refractivity contribution in [2.75, 3.05) is 19.6 Å². The third-order valence-electron chi connectivity index (χ3n) is 11.0. The summed E-state index contributed by atoms with van der Waals surface area (Å²) >= 11 is 0. The highest BCUT2D eigenvalue weighted by Gasteiger charge is 2.67. The molecular weight excluding hydrogens is 552 g/mol. The van der Waals surface area contributed by atoms with Gasteiger partial charge in [0.1, 0.15) is 11.9 Å². The van der Waals surface area contributed by atoms with Gasteiger partial charge in [0.05, 0.1) is 6.04 Å². The molecule has 3 aliphatic carbocycles. The first-order valence-electron chi connectivity index (χ1n) is 16.4. The molecule has 44 heavy (non-hydrogen) atoms. The van der Waals surface area contributed by atoms with Crippen LogP contribution in [-0.4, -0.2) is 64.6 Å². The number of piperidine rings is 1. The Balaban J connectivity index is 1.30. The maximum atomic E-state index is 14.0. The van der Waals surface area contributed by atoms with Crippen molar-refractivity contribution >= 4 is 11.9 Å². The number of ether oxygens (including phenoxy) is 2. The lowest BCUT2D eigenvalue weighted by molar-refractivity contribution is -0.138. The van der Waals surface area contributed by atoms with Crippen LogP contribution in [0.15, 0.2) is 24.3 Å². The molecule has 7 heteroatoms. The van der Waals surface area contributed by atoms with E-state index in [0.29, 0.717) is 30.0 Å². The minimum atomic E-state index is -0.395. The van der Waals surface area contributed by atoms with Gasteiger partial charge in [-0.2, -0.15) is 0 Å². The van der Waals surface area contributed by atoms with Gasteiger partial charge >= 0.3 is 5.97 Å². The predicted octanol–water partition coefficient (Wildman–Crippen LogP) is 5.29. The lowest BCUT2D eigenvalue weighted by Gasteiger charge is -2.60. The summed E-state index contributed by atoms with van der Waals surface area (Å²) in [6.45, 7) is 12.5. The van der Waals surface area contributed by atoms with Crippen LogP contribution >= 0.6 is 0 Å². The maximum Gasteiger partial charge on any atom is 0.308 e. The number of benzene rings is 2. The smallest absolute Gasteiger partial charge is 0.308 e. The minimum Gasteiger partial charge on any atom is -0.504 e. The molecular formula is C37H44N2O5. The monoisotopic (exact) mass is 596 g/mol. The van der Waals surface area contributed by atoms with Crippen molar-refractivity contribution in [2.45, 2.75) is 96.7 Å². The van der Waals surface area contributed by atoms with Crippen molar-refractivity contribution in [3.63, 3.8) is 0 Å². The van der Waals surface area contributed by atoms with Gasteiger partial charge in [-0.3, -0.25) is 14.5 Å². The zero-order valence-corrected chi connectivity index (χ0v) is 26.6. The van der Waals surface area contributed by atoms with E-state index < -0.39 is 5.97 Å². The highest BCUT2D eigenvalue weighted by molar-refractivity contribution is 5.94.